The van der Waals surface area contributed by atoms with E-state index in [1.807, 2.05) is 6.92 Å². The molecule has 0 saturated carbocycles. The van der Waals surface area contributed by atoms with Crippen molar-refractivity contribution >= 4 is 17.5 Å². The van der Waals surface area contributed by atoms with Crippen LogP contribution in [-0.4, -0.2) is 36.9 Å². The van der Waals surface area contributed by atoms with Crippen LogP contribution in [0.3, 0.4) is 0 Å². The first-order chi connectivity index (χ1) is 8.69. The molecule has 0 atom stereocenters. The van der Waals surface area contributed by atoms with E-state index in [2.05, 4.69) is 20.9 Å². The van der Waals surface area contributed by atoms with Crippen molar-refractivity contribution in [3.05, 3.63) is 24.0 Å². The van der Waals surface area contributed by atoms with Crippen LogP contribution in [0, 0.1) is 0 Å². The number of anilines is 1. The lowest BCUT2D eigenvalue weighted by atomic mass is 10.2. The van der Waals surface area contributed by atoms with Gasteiger partial charge in [0.15, 0.2) is 0 Å². The van der Waals surface area contributed by atoms with Gasteiger partial charge in [-0.3, -0.25) is 14.6 Å². The molecule has 1 aromatic heterocycles. The molecule has 98 valence electrons. The second-order valence-electron chi connectivity index (χ2n) is 3.63. The Morgan fingerprint density at radius 2 is 2.11 bits per heavy atom. The van der Waals surface area contributed by atoms with Gasteiger partial charge in [0, 0.05) is 44.6 Å². The maximum Gasteiger partial charge on any atom is 0.254 e. The molecule has 0 aliphatic heterocycles. The van der Waals surface area contributed by atoms with Gasteiger partial charge < -0.3 is 16.0 Å². The molecule has 0 fully saturated rings. The molecule has 2 amide bonds. The quantitative estimate of drug-likeness (QED) is 0.681. The summed E-state index contributed by atoms with van der Waals surface area (Å²) >= 11 is 0. The van der Waals surface area contributed by atoms with Crippen LogP contribution < -0.4 is 16.0 Å². The summed E-state index contributed by atoms with van der Waals surface area (Å²) in [7, 11) is 1.74. The number of hydrogen-bond donors (Lipinski definition) is 3. The van der Waals surface area contributed by atoms with Gasteiger partial charge >= 0.3 is 0 Å². The molecule has 0 bridgehead atoms. The van der Waals surface area contributed by atoms with Gasteiger partial charge in [0.25, 0.3) is 5.91 Å². The Labute approximate surface area is 106 Å². The summed E-state index contributed by atoms with van der Waals surface area (Å²) in [6.45, 7) is 2.76. The first-order valence-corrected chi connectivity index (χ1v) is 5.85. The third-order valence-electron chi connectivity index (χ3n) is 2.35. The lowest BCUT2D eigenvalue weighted by molar-refractivity contribution is -0.120. The van der Waals surface area contributed by atoms with Gasteiger partial charge in [0.2, 0.25) is 5.91 Å². The fourth-order valence-electron chi connectivity index (χ4n) is 1.46. The molecule has 0 radical (unpaired) electrons. The maximum atomic E-state index is 11.8. The van der Waals surface area contributed by atoms with Crippen molar-refractivity contribution in [3.63, 3.8) is 0 Å². The fraction of sp³-hybridized carbons (Fsp3) is 0.417. The van der Waals surface area contributed by atoms with Gasteiger partial charge in [-0.15, -0.1) is 0 Å². The van der Waals surface area contributed by atoms with Crippen molar-refractivity contribution in [2.45, 2.75) is 13.3 Å². The monoisotopic (exact) mass is 250 g/mol. The van der Waals surface area contributed by atoms with Gasteiger partial charge in [-0.1, -0.05) is 0 Å². The van der Waals surface area contributed by atoms with E-state index in [0.29, 0.717) is 24.3 Å². The number of carbonyl (C=O) groups is 2. The molecule has 0 unspecified atom stereocenters. The summed E-state index contributed by atoms with van der Waals surface area (Å²) in [4.78, 5) is 26.9. The van der Waals surface area contributed by atoms with E-state index in [9.17, 15) is 9.59 Å². The Kier molecular flexibility index (Phi) is 5.63. The van der Waals surface area contributed by atoms with Crippen LogP contribution in [0.15, 0.2) is 18.5 Å². The number of hydrogen-bond acceptors (Lipinski definition) is 4. The van der Waals surface area contributed by atoms with Gasteiger partial charge in [0.05, 0.1) is 5.56 Å². The van der Waals surface area contributed by atoms with E-state index >= 15 is 0 Å². The predicted molar refractivity (Wildman–Crippen MR) is 69.4 cm³/mol. The number of rotatable bonds is 6. The Bertz CT molecular complexity index is 420. The minimum Gasteiger partial charge on any atom is -0.387 e. The normalized spacial score (nSPS) is 9.67. The number of nitrogens with one attached hydrogen (secondary N) is 3. The van der Waals surface area contributed by atoms with E-state index < -0.39 is 0 Å². The van der Waals surface area contributed by atoms with E-state index in [-0.39, 0.29) is 18.2 Å². The topological polar surface area (TPSA) is 83.1 Å². The van der Waals surface area contributed by atoms with E-state index in [4.69, 9.17) is 0 Å². The second kappa shape index (κ2) is 7.26. The highest BCUT2D eigenvalue weighted by molar-refractivity contribution is 5.99. The second-order valence-corrected chi connectivity index (χ2v) is 3.63. The third kappa shape index (κ3) is 4.04. The van der Waals surface area contributed by atoms with Gasteiger partial charge in [0.1, 0.15) is 0 Å². The zero-order chi connectivity index (χ0) is 13.4. The number of amides is 2. The minimum atomic E-state index is -0.239. The van der Waals surface area contributed by atoms with Crippen LogP contribution in [0.1, 0.15) is 23.7 Å². The van der Waals surface area contributed by atoms with Gasteiger partial charge in [-0.25, -0.2) is 0 Å². The molecular formula is C12H18N4O2. The largest absolute Gasteiger partial charge is 0.387 e. The van der Waals surface area contributed by atoms with Crippen LogP contribution >= 0.6 is 0 Å². The third-order valence-corrected chi connectivity index (χ3v) is 2.35. The number of carbonyl (C=O) groups excluding carboxylic acids is 2. The van der Waals surface area contributed by atoms with Crippen molar-refractivity contribution in [2.75, 3.05) is 25.5 Å². The van der Waals surface area contributed by atoms with Gasteiger partial charge in [-0.05, 0) is 13.0 Å². The Balaban J connectivity index is 2.48. The fourth-order valence-corrected chi connectivity index (χ4v) is 1.46. The van der Waals surface area contributed by atoms with Crippen molar-refractivity contribution in [1.29, 1.82) is 0 Å². The van der Waals surface area contributed by atoms with Crippen molar-refractivity contribution in [3.8, 4) is 0 Å². The van der Waals surface area contributed by atoms with Crippen molar-refractivity contribution in [2.24, 2.45) is 0 Å². The van der Waals surface area contributed by atoms with Crippen LogP contribution in [0.25, 0.3) is 0 Å². The Morgan fingerprint density at radius 1 is 1.33 bits per heavy atom. The van der Waals surface area contributed by atoms with Crippen LogP contribution in [0.5, 0.6) is 0 Å². The maximum absolute atomic E-state index is 11.8. The van der Waals surface area contributed by atoms with E-state index in [0.717, 1.165) is 0 Å². The molecule has 18 heavy (non-hydrogen) atoms. The first kappa shape index (κ1) is 14.0. The number of pyridine rings is 1. The summed E-state index contributed by atoms with van der Waals surface area (Å²) in [6.07, 6.45) is 3.37. The molecule has 0 aromatic carbocycles. The summed E-state index contributed by atoms with van der Waals surface area (Å²) < 4.78 is 0. The summed E-state index contributed by atoms with van der Waals surface area (Å²) in [6, 6.07) is 1.72. The van der Waals surface area contributed by atoms with Crippen LogP contribution in [0.2, 0.25) is 0 Å². The van der Waals surface area contributed by atoms with Crippen LogP contribution in [0.4, 0.5) is 5.69 Å². The highest BCUT2D eigenvalue weighted by atomic mass is 16.2. The lowest BCUT2D eigenvalue weighted by Gasteiger charge is -2.08. The molecule has 6 heteroatoms. The highest BCUT2D eigenvalue weighted by Gasteiger charge is 2.10. The smallest absolute Gasteiger partial charge is 0.254 e. The lowest BCUT2D eigenvalue weighted by Crippen LogP contribution is -2.30. The average Bonchev–Trinajstić information content (AvgIpc) is 2.38. The zero-order valence-electron chi connectivity index (χ0n) is 10.6. The summed E-state index contributed by atoms with van der Waals surface area (Å²) in [5.41, 5.74) is 1.18. The van der Waals surface area contributed by atoms with Crippen LogP contribution in [-0.2, 0) is 4.79 Å². The standard InChI is InChI=1S/C12H18N4O2/c1-3-15-11(17)5-7-16-12(18)9-8-14-6-4-10(9)13-2/h4,6,8H,3,5,7H2,1-2H3,(H,13,14)(H,15,17)(H,16,18). The molecule has 3 N–H and O–H groups in total. The summed E-state index contributed by atoms with van der Waals surface area (Å²) in [5, 5.41) is 8.27. The van der Waals surface area contributed by atoms with E-state index in [1.165, 1.54) is 6.20 Å². The Hall–Kier alpha value is -2.11. The summed E-state index contributed by atoms with van der Waals surface area (Å²) in [5.74, 6) is -0.311. The molecule has 1 heterocycles. The molecule has 1 rings (SSSR count). The molecule has 0 saturated heterocycles. The molecule has 1 aromatic rings. The van der Waals surface area contributed by atoms with Crippen molar-refractivity contribution in [1.82, 2.24) is 15.6 Å². The minimum absolute atomic E-state index is 0.0715. The SMILES string of the molecule is CCNC(=O)CCNC(=O)c1cnccc1NC. The average molecular weight is 250 g/mol. The Morgan fingerprint density at radius 3 is 2.78 bits per heavy atom. The van der Waals surface area contributed by atoms with E-state index in [1.54, 1.807) is 19.3 Å². The molecular weight excluding hydrogens is 232 g/mol. The highest BCUT2D eigenvalue weighted by Crippen LogP contribution is 2.11. The van der Waals surface area contributed by atoms with Gasteiger partial charge in [-0.2, -0.15) is 0 Å². The first-order valence-electron chi connectivity index (χ1n) is 5.85. The molecule has 6 nitrogen and oxygen atoms in total. The number of aromatic nitrogens is 1. The zero-order valence-corrected chi connectivity index (χ0v) is 10.6. The number of nitrogens with zero attached hydrogens (tertiary/aromatic N) is 1. The molecule has 0 aliphatic carbocycles. The molecule has 0 aliphatic rings. The predicted octanol–water partition coefficient (Wildman–Crippen LogP) is 0.379. The molecule has 0 spiro atoms. The van der Waals surface area contributed by atoms with Crippen molar-refractivity contribution < 1.29 is 9.59 Å².